The lowest BCUT2D eigenvalue weighted by Crippen LogP contribution is -2.51. The average molecular weight is 428 g/mol. The Hall–Kier alpha value is -2.28. The minimum absolute atomic E-state index is 0.0271. The Labute approximate surface area is 181 Å². The van der Waals surface area contributed by atoms with Gasteiger partial charge in [0, 0.05) is 25.4 Å². The van der Waals surface area contributed by atoms with Gasteiger partial charge < -0.3 is 14.4 Å². The van der Waals surface area contributed by atoms with Crippen LogP contribution in [0.2, 0.25) is 0 Å². The highest BCUT2D eigenvalue weighted by molar-refractivity contribution is 7.13. The van der Waals surface area contributed by atoms with Crippen molar-refractivity contribution in [1.29, 1.82) is 0 Å². The Kier molecular flexibility index (Phi) is 5.31. The van der Waals surface area contributed by atoms with Crippen molar-refractivity contribution < 1.29 is 14.3 Å². The van der Waals surface area contributed by atoms with Crippen molar-refractivity contribution >= 4 is 23.0 Å². The van der Waals surface area contributed by atoms with E-state index in [2.05, 4.69) is 9.91 Å². The highest BCUT2D eigenvalue weighted by Crippen LogP contribution is 2.43. The molecule has 0 amide bonds. The number of allylic oxidation sites excluding steroid dienone is 2. The zero-order valence-electron chi connectivity index (χ0n) is 17.7. The van der Waals surface area contributed by atoms with Crippen LogP contribution in [0.3, 0.4) is 0 Å². The molecule has 0 saturated heterocycles. The Morgan fingerprint density at radius 1 is 1.13 bits per heavy atom. The van der Waals surface area contributed by atoms with Crippen LogP contribution in [0.15, 0.2) is 45.3 Å². The summed E-state index contributed by atoms with van der Waals surface area (Å²) in [6.07, 6.45) is 8.55. The molecule has 4 aliphatic rings. The molecular weight excluding hydrogens is 398 g/mol. The lowest BCUT2D eigenvalue weighted by Gasteiger charge is -2.43. The molecule has 1 saturated carbocycles. The van der Waals surface area contributed by atoms with E-state index in [9.17, 15) is 4.79 Å². The molecule has 1 aromatic heterocycles. The smallest absolute Gasteiger partial charge is 0.239 e. The summed E-state index contributed by atoms with van der Waals surface area (Å²) in [5.41, 5.74) is 2.77. The van der Waals surface area contributed by atoms with Gasteiger partial charge in [0.2, 0.25) is 5.78 Å². The van der Waals surface area contributed by atoms with E-state index in [0.29, 0.717) is 11.9 Å². The molecule has 6 nitrogen and oxygen atoms in total. The number of carbonyl (C=O) groups is 1. The summed E-state index contributed by atoms with van der Waals surface area (Å²) in [6.45, 7) is 0.821. The number of thiophene rings is 1. The van der Waals surface area contributed by atoms with E-state index in [-0.39, 0.29) is 11.9 Å². The number of hydrazone groups is 1. The van der Waals surface area contributed by atoms with Gasteiger partial charge in [0.1, 0.15) is 17.7 Å². The van der Waals surface area contributed by atoms with Crippen molar-refractivity contribution in [3.05, 3.63) is 45.1 Å². The fourth-order valence-corrected chi connectivity index (χ4v) is 5.99. The molecule has 0 aromatic carbocycles. The Morgan fingerprint density at radius 2 is 1.90 bits per heavy atom. The number of methoxy groups -OCH3 is 2. The number of hydrogen-bond acceptors (Lipinski definition) is 7. The van der Waals surface area contributed by atoms with E-state index in [0.717, 1.165) is 55.0 Å². The largest absolute Gasteiger partial charge is 0.497 e. The molecule has 0 N–H and O–H groups in total. The van der Waals surface area contributed by atoms with Gasteiger partial charge in [-0.25, -0.2) is 0 Å². The summed E-state index contributed by atoms with van der Waals surface area (Å²) >= 11 is 1.49. The minimum atomic E-state index is 0.0271. The standard InChI is InChI=1S/C23H29N3O3S/c1-28-18-13-15-10-11-25-22(21(27)20-9-6-12-30-20)24-26(16-7-4-3-5-8-16)23(25)17(15)14-19(18)29-2/h6,9,12,16,23H,3-5,7-8,10-11,13-14H2,1-2H3. The Bertz CT molecular complexity index is 912. The normalized spacial score (nSPS) is 24.6. The van der Waals surface area contributed by atoms with Gasteiger partial charge in [-0.15, -0.1) is 11.3 Å². The van der Waals surface area contributed by atoms with Crippen LogP contribution in [0, 0.1) is 0 Å². The lowest BCUT2D eigenvalue weighted by atomic mass is 9.85. The summed E-state index contributed by atoms with van der Waals surface area (Å²) in [4.78, 5) is 16.3. The average Bonchev–Trinajstić information content (AvgIpc) is 3.46. The maximum absolute atomic E-state index is 13.3. The summed E-state index contributed by atoms with van der Waals surface area (Å²) < 4.78 is 11.3. The van der Waals surface area contributed by atoms with Crippen molar-refractivity contribution in [2.45, 2.75) is 63.6 Å². The van der Waals surface area contributed by atoms with Crippen LogP contribution in [-0.4, -0.2) is 54.5 Å². The monoisotopic (exact) mass is 427 g/mol. The maximum Gasteiger partial charge on any atom is 0.239 e. The number of fused-ring (bicyclic) bond motifs is 2. The number of nitrogens with zero attached hydrogens (tertiary/aromatic N) is 3. The first kappa shape index (κ1) is 19.7. The molecule has 160 valence electrons. The topological polar surface area (TPSA) is 54.4 Å². The van der Waals surface area contributed by atoms with Crippen LogP contribution in [0.4, 0.5) is 0 Å². The summed E-state index contributed by atoms with van der Waals surface area (Å²) in [7, 11) is 3.44. The van der Waals surface area contributed by atoms with Gasteiger partial charge in [-0.3, -0.25) is 9.80 Å². The molecule has 7 heteroatoms. The second kappa shape index (κ2) is 8.10. The summed E-state index contributed by atoms with van der Waals surface area (Å²) in [6, 6.07) is 4.23. The third-order valence-corrected chi connectivity index (χ3v) is 7.74. The van der Waals surface area contributed by atoms with Gasteiger partial charge in [-0.2, -0.15) is 5.10 Å². The number of Topliss-reactive ketones (excluding diaryl/α,β-unsaturated/α-hetero) is 1. The van der Waals surface area contributed by atoms with Crippen LogP contribution in [-0.2, 0) is 9.47 Å². The van der Waals surface area contributed by atoms with Crippen LogP contribution in [0.1, 0.15) is 61.0 Å². The van der Waals surface area contributed by atoms with Gasteiger partial charge in [-0.05, 0) is 36.3 Å². The van der Waals surface area contributed by atoms with Crippen LogP contribution >= 0.6 is 11.3 Å². The number of carbonyl (C=O) groups excluding carboxylic acids is 1. The van der Waals surface area contributed by atoms with E-state index in [4.69, 9.17) is 14.6 Å². The molecule has 1 atom stereocenters. The second-order valence-corrected chi connectivity index (χ2v) is 9.40. The highest BCUT2D eigenvalue weighted by Gasteiger charge is 2.46. The molecule has 30 heavy (non-hydrogen) atoms. The Morgan fingerprint density at radius 3 is 2.60 bits per heavy atom. The van der Waals surface area contributed by atoms with Gasteiger partial charge in [0.25, 0.3) is 0 Å². The van der Waals surface area contributed by atoms with Gasteiger partial charge in [0.15, 0.2) is 5.84 Å². The molecule has 0 spiro atoms. The quantitative estimate of drug-likeness (QED) is 0.511. The van der Waals surface area contributed by atoms with Gasteiger partial charge in [-0.1, -0.05) is 30.9 Å². The third kappa shape index (κ3) is 3.23. The van der Waals surface area contributed by atoms with E-state index < -0.39 is 0 Å². The fraction of sp³-hybridized carbons (Fsp3) is 0.565. The third-order valence-electron chi connectivity index (χ3n) is 6.87. The van der Waals surface area contributed by atoms with E-state index in [1.807, 2.05) is 17.5 Å². The number of rotatable bonds is 5. The molecule has 0 radical (unpaired) electrons. The van der Waals surface area contributed by atoms with Crippen molar-refractivity contribution in [1.82, 2.24) is 9.91 Å². The van der Waals surface area contributed by atoms with Crippen LogP contribution in [0.5, 0.6) is 0 Å². The molecule has 2 aliphatic carbocycles. The first-order valence-electron chi connectivity index (χ1n) is 10.9. The molecule has 2 aliphatic heterocycles. The number of ketones is 1. The van der Waals surface area contributed by atoms with Gasteiger partial charge >= 0.3 is 0 Å². The van der Waals surface area contributed by atoms with Crippen molar-refractivity contribution in [3.63, 3.8) is 0 Å². The molecule has 1 aromatic rings. The zero-order valence-corrected chi connectivity index (χ0v) is 18.5. The Balaban J connectivity index is 1.51. The lowest BCUT2D eigenvalue weighted by molar-refractivity contribution is 0.0747. The van der Waals surface area contributed by atoms with Crippen molar-refractivity contribution in [2.75, 3.05) is 20.8 Å². The van der Waals surface area contributed by atoms with Crippen molar-refractivity contribution in [3.8, 4) is 0 Å². The molecule has 1 unspecified atom stereocenters. The predicted octanol–water partition coefficient (Wildman–Crippen LogP) is 4.52. The minimum Gasteiger partial charge on any atom is -0.497 e. The number of amidine groups is 1. The maximum atomic E-state index is 13.3. The molecular formula is C23H29N3O3S. The molecule has 0 bridgehead atoms. The predicted molar refractivity (Wildman–Crippen MR) is 117 cm³/mol. The van der Waals surface area contributed by atoms with E-state index in [1.54, 1.807) is 14.2 Å². The fourth-order valence-electron chi connectivity index (χ4n) is 5.33. The van der Waals surface area contributed by atoms with Gasteiger partial charge in [0.05, 0.1) is 19.1 Å². The van der Waals surface area contributed by atoms with Crippen LogP contribution < -0.4 is 0 Å². The van der Waals surface area contributed by atoms with Crippen molar-refractivity contribution in [2.24, 2.45) is 5.10 Å². The highest BCUT2D eigenvalue weighted by atomic mass is 32.1. The zero-order chi connectivity index (χ0) is 20.7. The number of hydrogen-bond donors (Lipinski definition) is 0. The number of ether oxygens (including phenoxy) is 2. The summed E-state index contributed by atoms with van der Waals surface area (Å²) in [5.74, 6) is 2.50. The van der Waals surface area contributed by atoms with Crippen LogP contribution in [0.25, 0.3) is 0 Å². The second-order valence-electron chi connectivity index (χ2n) is 8.46. The SMILES string of the molecule is COC1=C(OC)CC2=C(CCN3C(C(=O)c4cccs4)=NN(C4CCCCC4)C23)C1. The molecule has 5 rings (SSSR count). The first-order valence-corrected chi connectivity index (χ1v) is 11.8. The molecule has 3 heterocycles. The van der Waals surface area contributed by atoms with E-state index >= 15 is 0 Å². The first-order chi connectivity index (χ1) is 14.7. The molecule has 1 fully saturated rings. The van der Waals surface area contributed by atoms with E-state index in [1.165, 1.54) is 41.7 Å². The summed E-state index contributed by atoms with van der Waals surface area (Å²) in [5, 5.41) is 9.22.